The Kier molecular flexibility index (Phi) is 2.43. The van der Waals surface area contributed by atoms with Crippen LogP contribution in [-0.2, 0) is 16.8 Å². The molecule has 1 heterocycles. The quantitative estimate of drug-likeness (QED) is 0.864. The van der Waals surface area contributed by atoms with Gasteiger partial charge in [-0.05, 0) is 37.0 Å². The molecular formula is C13H14BrNO2. The first-order valence-electron chi connectivity index (χ1n) is 5.83. The van der Waals surface area contributed by atoms with Crippen LogP contribution in [0.3, 0.4) is 0 Å². The lowest BCUT2D eigenvalue weighted by Gasteiger charge is -2.26. The molecule has 1 amide bonds. The molecule has 1 N–H and O–H groups in total. The fourth-order valence-corrected chi connectivity index (χ4v) is 3.63. The van der Waals surface area contributed by atoms with Gasteiger partial charge in [0.25, 0.3) is 0 Å². The summed E-state index contributed by atoms with van der Waals surface area (Å²) in [7, 11) is 1.69. The average molecular weight is 296 g/mol. The maximum absolute atomic E-state index is 11.5. The summed E-state index contributed by atoms with van der Waals surface area (Å²) in [6, 6.07) is 3.99. The minimum Gasteiger partial charge on any atom is -0.496 e. The van der Waals surface area contributed by atoms with Gasteiger partial charge >= 0.3 is 0 Å². The summed E-state index contributed by atoms with van der Waals surface area (Å²) >= 11 is 3.59. The SMILES string of the molecule is COc1ccc(Br)c2c1[C@]1(CCC(=O)N1)CC2. The number of ether oxygens (including phenoxy) is 1. The molecule has 1 aliphatic heterocycles. The Morgan fingerprint density at radius 1 is 1.35 bits per heavy atom. The first-order valence-corrected chi connectivity index (χ1v) is 6.62. The first kappa shape index (κ1) is 11.1. The van der Waals surface area contributed by atoms with Gasteiger partial charge in [0.2, 0.25) is 5.91 Å². The molecule has 1 fully saturated rings. The highest BCUT2D eigenvalue weighted by molar-refractivity contribution is 9.10. The van der Waals surface area contributed by atoms with E-state index in [1.165, 1.54) is 11.1 Å². The first-order chi connectivity index (χ1) is 8.16. The average Bonchev–Trinajstić information content (AvgIpc) is 2.87. The van der Waals surface area contributed by atoms with Crippen LogP contribution in [-0.4, -0.2) is 13.0 Å². The van der Waals surface area contributed by atoms with Crippen LogP contribution >= 0.6 is 15.9 Å². The van der Waals surface area contributed by atoms with Crippen molar-refractivity contribution < 1.29 is 9.53 Å². The van der Waals surface area contributed by atoms with Gasteiger partial charge in [-0.1, -0.05) is 15.9 Å². The highest BCUT2D eigenvalue weighted by Gasteiger charge is 2.46. The zero-order chi connectivity index (χ0) is 12.0. The van der Waals surface area contributed by atoms with E-state index in [0.29, 0.717) is 6.42 Å². The topological polar surface area (TPSA) is 38.3 Å². The monoisotopic (exact) mass is 295 g/mol. The number of carbonyl (C=O) groups excluding carboxylic acids is 1. The molecule has 0 saturated carbocycles. The van der Waals surface area contributed by atoms with Crippen molar-refractivity contribution in [3.8, 4) is 5.75 Å². The van der Waals surface area contributed by atoms with E-state index in [1.54, 1.807) is 7.11 Å². The number of hydrogen-bond acceptors (Lipinski definition) is 2. The van der Waals surface area contributed by atoms with Gasteiger partial charge in [0.1, 0.15) is 5.75 Å². The second kappa shape index (κ2) is 3.73. The minimum atomic E-state index is -0.179. The fourth-order valence-electron chi connectivity index (χ4n) is 3.10. The van der Waals surface area contributed by atoms with Gasteiger partial charge in [-0.15, -0.1) is 0 Å². The number of fused-ring (bicyclic) bond motifs is 2. The standard InChI is InChI=1S/C13H14BrNO2/c1-17-10-3-2-9(14)8-4-6-13(12(8)10)7-5-11(16)15-13/h2-3H,4-7H2,1H3,(H,15,16)/t13-/m1/s1. The van der Waals surface area contributed by atoms with Gasteiger partial charge in [-0.25, -0.2) is 0 Å². The lowest BCUT2D eigenvalue weighted by molar-refractivity contribution is -0.119. The molecule has 0 bridgehead atoms. The van der Waals surface area contributed by atoms with Gasteiger partial charge < -0.3 is 10.1 Å². The molecule has 3 rings (SSSR count). The van der Waals surface area contributed by atoms with Crippen molar-refractivity contribution in [3.63, 3.8) is 0 Å². The minimum absolute atomic E-state index is 0.153. The van der Waals surface area contributed by atoms with Gasteiger partial charge in [0.05, 0.1) is 12.6 Å². The van der Waals surface area contributed by atoms with E-state index in [-0.39, 0.29) is 11.4 Å². The molecule has 90 valence electrons. The van der Waals surface area contributed by atoms with Crippen LogP contribution in [0.1, 0.15) is 30.4 Å². The number of hydrogen-bond donors (Lipinski definition) is 1. The third kappa shape index (κ3) is 1.50. The summed E-state index contributed by atoms with van der Waals surface area (Å²) in [5.41, 5.74) is 2.29. The second-order valence-electron chi connectivity index (χ2n) is 4.73. The molecule has 1 aliphatic carbocycles. The lowest BCUT2D eigenvalue weighted by atomic mass is 9.89. The Balaban J connectivity index is 2.18. The van der Waals surface area contributed by atoms with E-state index in [2.05, 4.69) is 21.2 Å². The molecule has 1 aromatic carbocycles. The summed E-state index contributed by atoms with van der Waals surface area (Å²) in [4.78, 5) is 11.5. The summed E-state index contributed by atoms with van der Waals surface area (Å²) < 4.78 is 6.58. The van der Waals surface area contributed by atoms with Crippen molar-refractivity contribution >= 4 is 21.8 Å². The second-order valence-corrected chi connectivity index (χ2v) is 5.59. The predicted molar refractivity (Wildman–Crippen MR) is 68.1 cm³/mol. The van der Waals surface area contributed by atoms with Crippen molar-refractivity contribution in [2.24, 2.45) is 0 Å². The summed E-state index contributed by atoms with van der Waals surface area (Å²) in [6.07, 6.45) is 3.47. The van der Waals surface area contributed by atoms with Crippen molar-refractivity contribution in [1.29, 1.82) is 0 Å². The van der Waals surface area contributed by atoms with Crippen LogP contribution in [0.15, 0.2) is 16.6 Å². The summed E-state index contributed by atoms with van der Waals surface area (Å²) in [5, 5.41) is 3.15. The zero-order valence-electron chi connectivity index (χ0n) is 9.68. The van der Waals surface area contributed by atoms with Crippen LogP contribution in [0.5, 0.6) is 5.75 Å². The Labute approximate surface area is 109 Å². The van der Waals surface area contributed by atoms with E-state index < -0.39 is 0 Å². The van der Waals surface area contributed by atoms with E-state index in [9.17, 15) is 4.79 Å². The molecule has 4 heteroatoms. The predicted octanol–water partition coefficient (Wildman–Crippen LogP) is 2.51. The number of benzene rings is 1. The van der Waals surface area contributed by atoms with E-state index in [1.807, 2.05) is 12.1 Å². The van der Waals surface area contributed by atoms with Gasteiger partial charge in [-0.2, -0.15) is 0 Å². The van der Waals surface area contributed by atoms with Crippen molar-refractivity contribution in [2.45, 2.75) is 31.2 Å². The number of amides is 1. The molecule has 1 spiro atoms. The van der Waals surface area contributed by atoms with E-state index >= 15 is 0 Å². The van der Waals surface area contributed by atoms with Crippen LogP contribution < -0.4 is 10.1 Å². The fraction of sp³-hybridized carbons (Fsp3) is 0.462. The lowest BCUT2D eigenvalue weighted by Crippen LogP contribution is -2.36. The number of halogens is 1. The number of nitrogens with one attached hydrogen (secondary N) is 1. The molecule has 0 unspecified atom stereocenters. The summed E-state index contributed by atoms with van der Waals surface area (Å²) in [5.74, 6) is 1.04. The number of carbonyl (C=O) groups is 1. The van der Waals surface area contributed by atoms with Crippen molar-refractivity contribution in [1.82, 2.24) is 5.32 Å². The van der Waals surface area contributed by atoms with Crippen LogP contribution in [0, 0.1) is 0 Å². The van der Waals surface area contributed by atoms with Crippen LogP contribution in [0.4, 0.5) is 0 Å². The summed E-state index contributed by atoms with van der Waals surface area (Å²) in [6.45, 7) is 0. The highest BCUT2D eigenvalue weighted by atomic mass is 79.9. The zero-order valence-corrected chi connectivity index (χ0v) is 11.3. The van der Waals surface area contributed by atoms with E-state index in [4.69, 9.17) is 4.74 Å². The molecule has 3 nitrogen and oxygen atoms in total. The Hall–Kier alpha value is -1.03. The molecule has 1 atom stereocenters. The Morgan fingerprint density at radius 2 is 2.12 bits per heavy atom. The Morgan fingerprint density at radius 3 is 2.76 bits per heavy atom. The van der Waals surface area contributed by atoms with Gasteiger partial charge in [-0.3, -0.25) is 4.79 Å². The van der Waals surface area contributed by atoms with Crippen molar-refractivity contribution in [3.05, 3.63) is 27.7 Å². The van der Waals surface area contributed by atoms with Crippen LogP contribution in [0.2, 0.25) is 0 Å². The maximum Gasteiger partial charge on any atom is 0.220 e. The Bertz CT molecular complexity index is 500. The smallest absolute Gasteiger partial charge is 0.220 e. The molecule has 1 aromatic rings. The van der Waals surface area contributed by atoms with Crippen LogP contribution in [0.25, 0.3) is 0 Å². The molecule has 2 aliphatic rings. The molecule has 0 radical (unpaired) electrons. The largest absolute Gasteiger partial charge is 0.496 e. The molecule has 1 saturated heterocycles. The number of rotatable bonds is 1. The van der Waals surface area contributed by atoms with E-state index in [0.717, 1.165) is 29.5 Å². The highest BCUT2D eigenvalue weighted by Crippen LogP contribution is 2.49. The van der Waals surface area contributed by atoms with Crippen molar-refractivity contribution in [2.75, 3.05) is 7.11 Å². The maximum atomic E-state index is 11.5. The van der Waals surface area contributed by atoms with Gasteiger partial charge in [0, 0.05) is 16.5 Å². The molecule has 0 aromatic heterocycles. The number of methoxy groups -OCH3 is 1. The third-order valence-electron chi connectivity index (χ3n) is 3.88. The molecule has 17 heavy (non-hydrogen) atoms. The normalized spacial score (nSPS) is 26.1. The van der Waals surface area contributed by atoms with Gasteiger partial charge in [0.15, 0.2) is 0 Å². The molecular weight excluding hydrogens is 282 g/mol. The third-order valence-corrected chi connectivity index (χ3v) is 4.62.